The van der Waals surface area contributed by atoms with E-state index >= 15 is 0 Å². The van der Waals surface area contributed by atoms with Crippen LogP contribution in [0.4, 0.5) is 18.9 Å². The fraction of sp³-hybridized carbons (Fsp3) is 0.333. The summed E-state index contributed by atoms with van der Waals surface area (Å²) in [6, 6.07) is 13.6. The molecule has 1 atom stereocenters. The highest BCUT2D eigenvalue weighted by atomic mass is 19.4. The number of hydrogen-bond acceptors (Lipinski definition) is 5. The third-order valence-electron chi connectivity index (χ3n) is 6.10. The number of anilines is 1. The molecule has 1 aliphatic heterocycles. The van der Waals surface area contributed by atoms with E-state index in [0.717, 1.165) is 36.9 Å². The predicted octanol–water partition coefficient (Wildman–Crippen LogP) is 4.24. The number of amides is 2. The Kier molecular flexibility index (Phi) is 5.59. The minimum atomic E-state index is -4.72. The van der Waals surface area contributed by atoms with E-state index in [4.69, 9.17) is 0 Å². The van der Waals surface area contributed by atoms with Crippen molar-refractivity contribution in [1.29, 1.82) is 0 Å². The monoisotopic (exact) mass is 470 g/mol. The molecular formula is C24H21F3N4O3. The van der Waals surface area contributed by atoms with Gasteiger partial charge in [-0.2, -0.15) is 18.2 Å². The number of halogens is 3. The minimum Gasteiger partial charge on any atom is -0.350 e. The average molecular weight is 470 g/mol. The number of nitrogens with one attached hydrogen (secondary N) is 1. The van der Waals surface area contributed by atoms with E-state index in [1.165, 1.54) is 24.3 Å². The van der Waals surface area contributed by atoms with Crippen molar-refractivity contribution in [2.24, 2.45) is 5.92 Å². The smallest absolute Gasteiger partial charge is 0.350 e. The van der Waals surface area contributed by atoms with E-state index in [1.54, 1.807) is 0 Å². The summed E-state index contributed by atoms with van der Waals surface area (Å²) in [4.78, 5) is 30.9. The first kappa shape index (κ1) is 22.1. The van der Waals surface area contributed by atoms with E-state index < -0.39 is 12.1 Å². The van der Waals surface area contributed by atoms with Gasteiger partial charge in [-0.3, -0.25) is 9.59 Å². The van der Waals surface area contributed by atoms with Crippen LogP contribution in [0.15, 0.2) is 53.1 Å². The Balaban J connectivity index is 1.26. The largest absolute Gasteiger partial charge is 0.471 e. The Morgan fingerprint density at radius 3 is 2.47 bits per heavy atom. The van der Waals surface area contributed by atoms with Crippen LogP contribution in [0, 0.1) is 5.92 Å². The van der Waals surface area contributed by atoms with Gasteiger partial charge in [0.05, 0.1) is 6.04 Å². The Morgan fingerprint density at radius 2 is 1.79 bits per heavy atom. The molecule has 1 aliphatic carbocycles. The third-order valence-corrected chi connectivity index (χ3v) is 6.10. The van der Waals surface area contributed by atoms with E-state index in [-0.39, 0.29) is 29.6 Å². The van der Waals surface area contributed by atoms with Crippen LogP contribution in [0.2, 0.25) is 0 Å². The number of nitrogens with zero attached hydrogens (tertiary/aromatic N) is 3. The molecule has 34 heavy (non-hydrogen) atoms. The van der Waals surface area contributed by atoms with Gasteiger partial charge >= 0.3 is 12.1 Å². The second-order valence-corrected chi connectivity index (χ2v) is 8.51. The Hall–Kier alpha value is -3.69. The maximum atomic E-state index is 13.0. The number of benzene rings is 2. The summed E-state index contributed by atoms with van der Waals surface area (Å²) in [6.45, 7) is 0.299. The summed E-state index contributed by atoms with van der Waals surface area (Å²) in [7, 11) is 0. The molecule has 1 N–H and O–H groups in total. The summed E-state index contributed by atoms with van der Waals surface area (Å²) in [5, 5.41) is 6.24. The van der Waals surface area contributed by atoms with Gasteiger partial charge in [-0.05, 0) is 49.4 Å². The highest BCUT2D eigenvalue weighted by Crippen LogP contribution is 2.37. The van der Waals surface area contributed by atoms with E-state index in [9.17, 15) is 22.8 Å². The summed E-state index contributed by atoms with van der Waals surface area (Å²) in [5.41, 5.74) is 2.66. The van der Waals surface area contributed by atoms with Crippen molar-refractivity contribution in [2.75, 3.05) is 11.4 Å². The lowest BCUT2D eigenvalue weighted by molar-refractivity contribution is -0.159. The molecule has 2 amide bonds. The van der Waals surface area contributed by atoms with E-state index in [0.29, 0.717) is 17.7 Å². The lowest BCUT2D eigenvalue weighted by Gasteiger charge is -2.37. The zero-order chi connectivity index (χ0) is 23.9. The number of aryl methyl sites for hydroxylation is 1. The summed E-state index contributed by atoms with van der Waals surface area (Å²) >= 11 is 0. The molecular weight excluding hydrogens is 449 g/mol. The quantitative estimate of drug-likeness (QED) is 0.603. The van der Waals surface area contributed by atoms with Crippen LogP contribution in [0.1, 0.15) is 41.1 Å². The standard InChI is InChI=1S/C24H21F3N4O3/c25-24(26,27)23-29-20(30-34-23)15-5-7-16(8-6-15)21(32)28-13-18-12-11-14-3-1-2-4-19(14)31(18)22(33)17-9-10-17/h1-8,17-18H,9-13H2,(H,28,32). The van der Waals surface area contributed by atoms with E-state index in [2.05, 4.69) is 20.0 Å². The van der Waals surface area contributed by atoms with Crippen molar-refractivity contribution in [3.8, 4) is 11.4 Å². The summed E-state index contributed by atoms with van der Waals surface area (Å²) in [5.74, 6) is -1.82. The van der Waals surface area contributed by atoms with Gasteiger partial charge in [0.15, 0.2) is 0 Å². The molecule has 1 saturated carbocycles. The second kappa shape index (κ2) is 8.58. The summed E-state index contributed by atoms with van der Waals surface area (Å²) < 4.78 is 42.2. The molecule has 0 radical (unpaired) electrons. The predicted molar refractivity (Wildman–Crippen MR) is 116 cm³/mol. The SMILES string of the molecule is O=C(NCC1CCc2ccccc2N1C(=O)C1CC1)c1ccc(-c2noc(C(F)(F)F)n2)cc1. The minimum absolute atomic E-state index is 0.0555. The lowest BCUT2D eigenvalue weighted by Crippen LogP contribution is -2.50. The Labute approximate surface area is 192 Å². The highest BCUT2D eigenvalue weighted by molar-refractivity contribution is 5.98. The zero-order valence-corrected chi connectivity index (χ0v) is 18.0. The van der Waals surface area contributed by atoms with Gasteiger partial charge in [0, 0.05) is 29.3 Å². The zero-order valence-electron chi connectivity index (χ0n) is 18.0. The Morgan fingerprint density at radius 1 is 1.06 bits per heavy atom. The lowest BCUT2D eigenvalue weighted by atomic mass is 9.95. The first-order chi connectivity index (χ1) is 16.3. The van der Waals surface area contributed by atoms with Crippen LogP contribution in [0.5, 0.6) is 0 Å². The molecule has 0 spiro atoms. The molecule has 10 heteroatoms. The number of carbonyl (C=O) groups is 2. The van der Waals surface area contributed by atoms with Crippen LogP contribution < -0.4 is 10.2 Å². The Bertz CT molecular complexity index is 1220. The molecule has 1 aromatic heterocycles. The van der Waals surface area contributed by atoms with Gasteiger partial charge in [0.25, 0.3) is 5.91 Å². The van der Waals surface area contributed by atoms with Gasteiger partial charge < -0.3 is 14.7 Å². The van der Waals surface area contributed by atoms with Gasteiger partial charge in [0.1, 0.15) is 0 Å². The fourth-order valence-electron chi connectivity index (χ4n) is 4.16. The molecule has 1 fully saturated rings. The van der Waals surface area contributed by atoms with Crippen molar-refractivity contribution in [3.63, 3.8) is 0 Å². The van der Waals surface area contributed by atoms with Gasteiger partial charge in [-0.25, -0.2) is 0 Å². The molecule has 2 aromatic carbocycles. The van der Waals surface area contributed by atoms with Gasteiger partial charge in [0.2, 0.25) is 11.7 Å². The number of hydrogen-bond donors (Lipinski definition) is 1. The molecule has 7 nitrogen and oxygen atoms in total. The number of aromatic nitrogens is 2. The van der Waals surface area contributed by atoms with Crippen molar-refractivity contribution in [1.82, 2.24) is 15.5 Å². The molecule has 3 aromatic rings. The first-order valence-electron chi connectivity index (χ1n) is 11.0. The number of para-hydroxylation sites is 1. The van der Waals surface area contributed by atoms with Crippen LogP contribution in [-0.4, -0.2) is 34.5 Å². The van der Waals surface area contributed by atoms with Crippen LogP contribution in [-0.2, 0) is 17.4 Å². The molecule has 2 heterocycles. The van der Waals surface area contributed by atoms with E-state index in [1.807, 2.05) is 29.2 Å². The molecule has 1 unspecified atom stereocenters. The van der Waals surface area contributed by atoms with Gasteiger partial charge in [-0.1, -0.05) is 35.5 Å². The van der Waals surface area contributed by atoms with Crippen LogP contribution in [0.3, 0.4) is 0 Å². The first-order valence-corrected chi connectivity index (χ1v) is 11.0. The number of fused-ring (bicyclic) bond motifs is 1. The topological polar surface area (TPSA) is 88.3 Å². The van der Waals surface area contributed by atoms with Crippen LogP contribution in [0.25, 0.3) is 11.4 Å². The van der Waals surface area contributed by atoms with Crippen LogP contribution >= 0.6 is 0 Å². The van der Waals surface area contributed by atoms with Gasteiger partial charge in [-0.15, -0.1) is 0 Å². The fourth-order valence-corrected chi connectivity index (χ4v) is 4.16. The van der Waals surface area contributed by atoms with Crippen molar-refractivity contribution < 1.29 is 27.3 Å². The number of alkyl halides is 3. The molecule has 0 saturated heterocycles. The number of rotatable bonds is 5. The maximum absolute atomic E-state index is 13.0. The normalized spacial score (nSPS) is 17.9. The van der Waals surface area contributed by atoms with Crippen molar-refractivity contribution >= 4 is 17.5 Å². The molecule has 176 valence electrons. The van der Waals surface area contributed by atoms with Crippen molar-refractivity contribution in [2.45, 2.75) is 37.9 Å². The second-order valence-electron chi connectivity index (χ2n) is 8.51. The maximum Gasteiger partial charge on any atom is 0.471 e. The van der Waals surface area contributed by atoms with Crippen molar-refractivity contribution in [3.05, 3.63) is 65.5 Å². The average Bonchev–Trinajstić information content (AvgIpc) is 3.56. The third kappa shape index (κ3) is 4.40. The highest BCUT2D eigenvalue weighted by Gasteiger charge is 2.40. The molecule has 0 bridgehead atoms. The molecule has 2 aliphatic rings. The summed E-state index contributed by atoms with van der Waals surface area (Å²) in [6.07, 6.45) is -1.36. The molecule has 5 rings (SSSR count). The number of carbonyl (C=O) groups excluding carboxylic acids is 2.